The van der Waals surface area contributed by atoms with Crippen LogP contribution in [0.1, 0.15) is 0 Å². The van der Waals surface area contributed by atoms with Crippen molar-refractivity contribution >= 4 is 137 Å². The molecule has 0 spiro atoms. The third kappa shape index (κ3) is 8.33. The molecule has 2 aliphatic heterocycles. The molecular formula is C84H60BN3Si2. The fourth-order valence-corrected chi connectivity index (χ4v) is 25.0. The summed E-state index contributed by atoms with van der Waals surface area (Å²) in [5.74, 6) is 0. The third-order valence-corrected chi connectivity index (χ3v) is 28.8. The smallest absolute Gasteiger partial charge is 0.252 e. The summed E-state index contributed by atoms with van der Waals surface area (Å²) in [7, 11) is -5.92. The zero-order valence-corrected chi connectivity index (χ0v) is 51.6. The molecule has 0 fully saturated rings. The molecule has 15 aromatic rings. The lowest BCUT2D eigenvalue weighted by Crippen LogP contribution is -2.75. The van der Waals surface area contributed by atoms with Gasteiger partial charge in [-0.05, 0) is 130 Å². The zero-order chi connectivity index (χ0) is 59.6. The van der Waals surface area contributed by atoms with Crippen LogP contribution in [0.25, 0.3) is 38.6 Å². The predicted molar refractivity (Wildman–Crippen MR) is 387 cm³/mol. The van der Waals surface area contributed by atoms with E-state index in [1.165, 1.54) is 102 Å². The average Bonchev–Trinajstić information content (AvgIpc) is 0.760. The highest BCUT2D eigenvalue weighted by Crippen LogP contribution is 2.46. The van der Waals surface area contributed by atoms with Crippen LogP contribution < -0.4 is 67.7 Å². The Hall–Kier alpha value is -11.0. The molecule has 0 aliphatic carbocycles. The molecule has 6 heteroatoms. The first-order chi connectivity index (χ1) is 44.7. The van der Waals surface area contributed by atoms with Crippen LogP contribution in [0.5, 0.6) is 0 Å². The first kappa shape index (κ1) is 53.2. The number of nitrogens with zero attached hydrogens (tertiary/aromatic N) is 3. The van der Waals surface area contributed by atoms with Crippen molar-refractivity contribution in [2.45, 2.75) is 0 Å². The molecule has 0 unspecified atom stereocenters. The van der Waals surface area contributed by atoms with Gasteiger partial charge in [-0.1, -0.05) is 303 Å². The molecular weight excluding hydrogens is 1120 g/mol. The van der Waals surface area contributed by atoms with E-state index in [2.05, 4.69) is 378 Å². The second-order valence-corrected chi connectivity index (χ2v) is 31.5. The number of hydrogen-bond acceptors (Lipinski definition) is 2. The summed E-state index contributed by atoms with van der Waals surface area (Å²) in [6.07, 6.45) is 0. The maximum atomic E-state index is 2.65. The molecule has 0 bridgehead atoms. The molecule has 0 saturated carbocycles. The van der Waals surface area contributed by atoms with E-state index in [1.54, 1.807) is 0 Å². The van der Waals surface area contributed by atoms with Crippen LogP contribution in [-0.2, 0) is 0 Å². The Kier molecular flexibility index (Phi) is 13.0. The summed E-state index contributed by atoms with van der Waals surface area (Å²) < 4.78 is 2.51. The fraction of sp³-hybridized carbons (Fsp3) is 0. The van der Waals surface area contributed by atoms with Gasteiger partial charge in [0.1, 0.15) is 0 Å². The molecule has 3 nitrogen and oxygen atoms in total. The minimum atomic E-state index is -3.03. The number of fused-ring (bicyclic) bond motifs is 7. The van der Waals surface area contributed by atoms with Gasteiger partial charge in [0.2, 0.25) is 0 Å². The first-order valence-corrected chi connectivity index (χ1v) is 35.3. The number of anilines is 6. The van der Waals surface area contributed by atoms with Crippen molar-refractivity contribution < 1.29 is 0 Å². The van der Waals surface area contributed by atoms with E-state index in [-0.39, 0.29) is 6.71 Å². The molecule has 2 aliphatic rings. The molecule has 1 aromatic heterocycles. The fourth-order valence-electron chi connectivity index (χ4n) is 15.5. The monoisotopic (exact) mass is 1180 g/mol. The van der Waals surface area contributed by atoms with Crippen molar-refractivity contribution in [1.29, 1.82) is 0 Å². The van der Waals surface area contributed by atoms with Crippen LogP contribution in [-0.4, -0.2) is 27.4 Å². The summed E-state index contributed by atoms with van der Waals surface area (Å²) in [4.78, 5) is 5.18. The second kappa shape index (κ2) is 22.0. The summed E-state index contributed by atoms with van der Waals surface area (Å²) in [6.45, 7) is -0.146. The molecule has 0 radical (unpaired) electrons. The first-order valence-electron chi connectivity index (χ1n) is 31.3. The standard InChI is InChI=1S/C84H60BN3Si2/c1-8-28-61(29-9-1)62-48-50-63(51-49-62)86-80-47-27-24-44-76(80)85-77-60-73(90(69-36-16-5-17-37-69,70-38-18-6-19-39-70)71-40-20-7-21-41-71)56-57-81(77)87(83-59-65(58-82(86)84(83)85)88-78-45-25-22-42-74(78)75-43-23-26-46-79(75)88)64-52-54-72(55-53-64)89(66-30-10-2-11-31-66,67-32-12-3-13-33-67)68-34-14-4-15-35-68/h1-60H. The average molecular weight is 1180 g/mol. The second-order valence-electron chi connectivity index (χ2n) is 23.9. The van der Waals surface area contributed by atoms with Crippen molar-refractivity contribution in [3.8, 4) is 16.8 Å². The molecule has 17 rings (SSSR count). The zero-order valence-electron chi connectivity index (χ0n) is 49.6. The largest absolute Gasteiger partial charge is 0.311 e. The SMILES string of the molecule is c1ccc(-c2ccc(N3c4ccccc4B4c5cc([Si](c6ccccc6)(c6ccccc6)c6ccccc6)ccc5N(c5ccc([Si](c6ccccc6)(c6ccccc6)c6ccccc6)cc5)c5cc(-n6c7ccccc7c7ccccc76)cc3c54)cc2)cc1. The van der Waals surface area contributed by atoms with Gasteiger partial charge in [0.25, 0.3) is 6.71 Å². The van der Waals surface area contributed by atoms with Gasteiger partial charge >= 0.3 is 0 Å². The Morgan fingerprint density at radius 1 is 0.222 bits per heavy atom. The molecule has 0 atom stereocenters. The van der Waals surface area contributed by atoms with Crippen LogP contribution >= 0.6 is 0 Å². The minimum Gasteiger partial charge on any atom is -0.311 e. The predicted octanol–water partition coefficient (Wildman–Crippen LogP) is 13.3. The summed E-state index contributed by atoms with van der Waals surface area (Å²) >= 11 is 0. The highest BCUT2D eigenvalue weighted by Gasteiger charge is 2.48. The highest BCUT2D eigenvalue weighted by atomic mass is 28.3. The summed E-state index contributed by atoms with van der Waals surface area (Å²) in [5.41, 5.74) is 16.5. The molecule has 90 heavy (non-hydrogen) atoms. The Labute approximate surface area is 528 Å². The van der Waals surface area contributed by atoms with E-state index >= 15 is 0 Å². The van der Waals surface area contributed by atoms with Crippen LogP contribution in [0.2, 0.25) is 0 Å². The molecule has 422 valence electrons. The Balaban J connectivity index is 0.979. The van der Waals surface area contributed by atoms with Gasteiger partial charge in [-0.15, -0.1) is 0 Å². The Morgan fingerprint density at radius 2 is 0.556 bits per heavy atom. The van der Waals surface area contributed by atoms with E-state index in [0.29, 0.717) is 0 Å². The van der Waals surface area contributed by atoms with E-state index in [9.17, 15) is 0 Å². The number of para-hydroxylation sites is 3. The molecule has 0 saturated heterocycles. The topological polar surface area (TPSA) is 11.4 Å². The number of benzene rings is 14. The highest BCUT2D eigenvalue weighted by molar-refractivity contribution is 7.20. The lowest BCUT2D eigenvalue weighted by atomic mass is 9.33. The van der Waals surface area contributed by atoms with E-state index in [1.807, 2.05) is 0 Å². The van der Waals surface area contributed by atoms with Gasteiger partial charge in [-0.25, -0.2) is 0 Å². The van der Waals surface area contributed by atoms with Crippen LogP contribution in [0, 0.1) is 0 Å². The van der Waals surface area contributed by atoms with E-state index < -0.39 is 16.1 Å². The molecule has 14 aromatic carbocycles. The van der Waals surface area contributed by atoms with Crippen LogP contribution in [0.4, 0.5) is 34.1 Å². The third-order valence-electron chi connectivity index (χ3n) is 19.3. The van der Waals surface area contributed by atoms with Crippen molar-refractivity contribution in [2.75, 3.05) is 9.80 Å². The molecule has 0 amide bonds. The maximum Gasteiger partial charge on any atom is 0.252 e. The van der Waals surface area contributed by atoms with Crippen molar-refractivity contribution in [3.05, 3.63) is 364 Å². The maximum absolute atomic E-state index is 3.03. The summed E-state index contributed by atoms with van der Waals surface area (Å²) in [5, 5.41) is 13.2. The quantitative estimate of drug-likeness (QED) is 0.0892. The van der Waals surface area contributed by atoms with Gasteiger partial charge in [0.05, 0.1) is 16.7 Å². The lowest BCUT2D eigenvalue weighted by Gasteiger charge is -2.45. The Bertz CT molecular complexity index is 4860. The number of rotatable bonds is 12. The lowest BCUT2D eigenvalue weighted by molar-refractivity contribution is 1.16. The molecule has 3 heterocycles. The van der Waals surface area contributed by atoms with Gasteiger partial charge < -0.3 is 14.4 Å². The summed E-state index contributed by atoms with van der Waals surface area (Å²) in [6, 6.07) is 137. The van der Waals surface area contributed by atoms with Crippen LogP contribution in [0.15, 0.2) is 364 Å². The Morgan fingerprint density at radius 3 is 1.01 bits per heavy atom. The normalized spacial score (nSPS) is 12.6. The number of hydrogen-bond donors (Lipinski definition) is 0. The molecule has 0 N–H and O–H groups in total. The van der Waals surface area contributed by atoms with Gasteiger partial charge in [-0.2, -0.15) is 0 Å². The van der Waals surface area contributed by atoms with Crippen molar-refractivity contribution in [1.82, 2.24) is 4.57 Å². The van der Waals surface area contributed by atoms with Crippen molar-refractivity contribution in [2.24, 2.45) is 0 Å². The van der Waals surface area contributed by atoms with Crippen molar-refractivity contribution in [3.63, 3.8) is 0 Å². The minimum absolute atomic E-state index is 0.146. The number of aromatic nitrogens is 1. The van der Waals surface area contributed by atoms with Gasteiger partial charge in [0, 0.05) is 44.9 Å². The van der Waals surface area contributed by atoms with Gasteiger partial charge in [0.15, 0.2) is 16.1 Å². The van der Waals surface area contributed by atoms with Crippen LogP contribution in [0.3, 0.4) is 0 Å². The van der Waals surface area contributed by atoms with E-state index in [4.69, 9.17) is 0 Å². The van der Waals surface area contributed by atoms with E-state index in [0.717, 1.165) is 28.4 Å². The van der Waals surface area contributed by atoms with Gasteiger partial charge in [-0.3, -0.25) is 0 Å².